The van der Waals surface area contributed by atoms with Gasteiger partial charge in [-0.15, -0.1) is 0 Å². The molecule has 0 aliphatic heterocycles. The number of nitrogens with one attached hydrogen (secondary N) is 2. The van der Waals surface area contributed by atoms with Crippen molar-refractivity contribution in [1.82, 2.24) is 19.9 Å². The minimum Gasteiger partial charge on any atom is -0.508 e. The Morgan fingerprint density at radius 1 is 1.19 bits per heavy atom. The smallest absolute Gasteiger partial charge is 0.326 e. The first-order valence-electron chi connectivity index (χ1n) is 11.8. The van der Waals surface area contributed by atoms with Gasteiger partial charge in [0.15, 0.2) is 0 Å². The second kappa shape index (κ2) is 8.60. The number of fused-ring (bicyclic) bond motifs is 2. The lowest BCUT2D eigenvalue weighted by atomic mass is 10.0. The zero-order valence-electron chi connectivity index (χ0n) is 19.3. The fourth-order valence-corrected chi connectivity index (χ4v) is 4.62. The normalized spacial score (nSPS) is 14.3. The number of furan rings is 1. The van der Waals surface area contributed by atoms with E-state index in [0.717, 1.165) is 29.0 Å². The maximum atomic E-state index is 13.1. The van der Waals surface area contributed by atoms with Crippen LogP contribution in [-0.4, -0.2) is 42.7 Å². The highest BCUT2D eigenvalue weighted by molar-refractivity contribution is 5.99. The van der Waals surface area contributed by atoms with Crippen molar-refractivity contribution in [2.75, 3.05) is 0 Å². The predicted octanol–water partition coefficient (Wildman–Crippen LogP) is 4.32. The first kappa shape index (κ1) is 22.0. The summed E-state index contributed by atoms with van der Waals surface area (Å²) in [5, 5.41) is 23.0. The van der Waals surface area contributed by atoms with Crippen molar-refractivity contribution in [1.29, 1.82) is 0 Å². The van der Waals surface area contributed by atoms with Crippen LogP contribution in [0.5, 0.6) is 5.75 Å². The third-order valence-corrected chi connectivity index (χ3v) is 6.71. The lowest BCUT2D eigenvalue weighted by Crippen LogP contribution is -2.42. The van der Waals surface area contributed by atoms with Crippen molar-refractivity contribution in [3.05, 3.63) is 72.3 Å². The van der Waals surface area contributed by atoms with Crippen LogP contribution >= 0.6 is 0 Å². The lowest BCUT2D eigenvalue weighted by Gasteiger charge is -2.14. The van der Waals surface area contributed by atoms with Gasteiger partial charge in [0.1, 0.15) is 23.9 Å². The Kier molecular flexibility index (Phi) is 5.25. The summed E-state index contributed by atoms with van der Waals surface area (Å²) in [5.74, 6) is -0.139. The summed E-state index contributed by atoms with van der Waals surface area (Å²) in [6, 6.07) is 10.8. The standard InChI is InChI=1S/C27H24N4O5/c32-19-4-5-21-20(11-19)18(12-28-21)10-23(27(34)35)30-26(33)16-3-6-24-22(9-16)29-25(17-7-8-36-14-17)31(24)13-15-1-2-15/h3-9,11-12,14-15,23,28,32H,1-2,10,13H2,(H,30,33)(H,34,35)/t23-/m0/s1. The van der Waals surface area contributed by atoms with E-state index in [1.54, 1.807) is 49.1 Å². The van der Waals surface area contributed by atoms with E-state index in [2.05, 4.69) is 14.9 Å². The molecule has 0 saturated heterocycles. The second-order valence-corrected chi connectivity index (χ2v) is 9.32. The summed E-state index contributed by atoms with van der Waals surface area (Å²) in [6.07, 6.45) is 7.40. The third-order valence-electron chi connectivity index (χ3n) is 6.71. The molecule has 6 rings (SSSR count). The van der Waals surface area contributed by atoms with Crippen LogP contribution in [-0.2, 0) is 17.8 Å². The van der Waals surface area contributed by atoms with Crippen LogP contribution in [0.3, 0.4) is 0 Å². The van der Waals surface area contributed by atoms with Crippen LogP contribution in [0.2, 0.25) is 0 Å². The Morgan fingerprint density at radius 3 is 2.81 bits per heavy atom. The summed E-state index contributed by atoms with van der Waals surface area (Å²) in [6.45, 7) is 0.851. The molecule has 3 heterocycles. The molecule has 0 radical (unpaired) electrons. The molecule has 1 amide bonds. The number of hydrogen-bond donors (Lipinski definition) is 4. The summed E-state index contributed by atoms with van der Waals surface area (Å²) < 4.78 is 7.41. The Balaban J connectivity index is 1.28. The van der Waals surface area contributed by atoms with Gasteiger partial charge in [0, 0.05) is 35.6 Å². The molecule has 9 heteroatoms. The number of nitrogens with zero attached hydrogens (tertiary/aromatic N) is 2. The number of aromatic nitrogens is 3. The first-order valence-corrected chi connectivity index (χ1v) is 11.8. The molecule has 1 fully saturated rings. The van der Waals surface area contributed by atoms with Crippen molar-refractivity contribution >= 4 is 33.8 Å². The van der Waals surface area contributed by atoms with Gasteiger partial charge in [-0.25, -0.2) is 9.78 Å². The van der Waals surface area contributed by atoms with Crippen LogP contribution in [0.4, 0.5) is 0 Å². The minimum absolute atomic E-state index is 0.0629. The second-order valence-electron chi connectivity index (χ2n) is 9.32. The van der Waals surface area contributed by atoms with Gasteiger partial charge in [0.05, 0.1) is 22.9 Å². The predicted molar refractivity (Wildman–Crippen MR) is 133 cm³/mol. The van der Waals surface area contributed by atoms with E-state index < -0.39 is 17.9 Å². The van der Waals surface area contributed by atoms with Crippen molar-refractivity contribution in [2.24, 2.45) is 5.92 Å². The van der Waals surface area contributed by atoms with Crippen molar-refractivity contribution in [3.63, 3.8) is 0 Å². The van der Waals surface area contributed by atoms with Crippen LogP contribution in [0, 0.1) is 5.92 Å². The highest BCUT2D eigenvalue weighted by atomic mass is 16.4. The van der Waals surface area contributed by atoms with Crippen LogP contribution in [0.15, 0.2) is 65.6 Å². The fourth-order valence-electron chi connectivity index (χ4n) is 4.62. The van der Waals surface area contributed by atoms with Crippen LogP contribution in [0.1, 0.15) is 28.8 Å². The van der Waals surface area contributed by atoms with Crippen molar-refractivity contribution < 1.29 is 24.2 Å². The number of rotatable bonds is 8. The number of carboxylic acid groups (broad SMARTS) is 1. The van der Waals surface area contributed by atoms with E-state index in [1.807, 2.05) is 12.1 Å². The van der Waals surface area contributed by atoms with Gasteiger partial charge >= 0.3 is 5.97 Å². The van der Waals surface area contributed by atoms with Gasteiger partial charge in [-0.2, -0.15) is 0 Å². The summed E-state index contributed by atoms with van der Waals surface area (Å²) in [5.41, 5.74) is 4.25. The molecule has 3 aromatic heterocycles. The van der Waals surface area contributed by atoms with E-state index in [1.165, 1.54) is 12.8 Å². The number of carbonyl (C=O) groups excluding carboxylic acids is 1. The quantitative estimate of drug-likeness (QED) is 0.259. The van der Waals surface area contributed by atoms with E-state index in [4.69, 9.17) is 9.40 Å². The zero-order valence-corrected chi connectivity index (χ0v) is 19.3. The van der Waals surface area contributed by atoms with Crippen molar-refractivity contribution in [2.45, 2.75) is 31.8 Å². The molecular formula is C27H24N4O5. The number of carboxylic acids is 1. The van der Waals surface area contributed by atoms with E-state index in [0.29, 0.717) is 27.9 Å². The zero-order chi connectivity index (χ0) is 24.8. The topological polar surface area (TPSA) is 133 Å². The summed E-state index contributed by atoms with van der Waals surface area (Å²) >= 11 is 0. The highest BCUT2D eigenvalue weighted by Gasteiger charge is 2.26. The molecule has 1 aliphatic rings. The molecule has 0 spiro atoms. The maximum absolute atomic E-state index is 13.1. The highest BCUT2D eigenvalue weighted by Crippen LogP contribution is 2.35. The molecule has 2 aromatic carbocycles. The molecule has 1 saturated carbocycles. The molecular weight excluding hydrogens is 460 g/mol. The number of aliphatic carboxylic acids is 1. The van der Waals surface area contributed by atoms with Gasteiger partial charge in [0.2, 0.25) is 0 Å². The molecule has 9 nitrogen and oxygen atoms in total. The molecule has 5 aromatic rings. The Morgan fingerprint density at radius 2 is 2.06 bits per heavy atom. The van der Waals surface area contributed by atoms with Gasteiger partial charge in [-0.1, -0.05) is 0 Å². The molecule has 1 aliphatic carbocycles. The average Bonchev–Trinajstić information content (AvgIpc) is 3.22. The summed E-state index contributed by atoms with van der Waals surface area (Å²) in [7, 11) is 0. The number of carbonyl (C=O) groups is 2. The van der Waals surface area contributed by atoms with Gasteiger partial charge in [0.25, 0.3) is 5.91 Å². The number of H-pyrrole nitrogens is 1. The molecule has 1 atom stereocenters. The average molecular weight is 485 g/mol. The Hall–Kier alpha value is -4.53. The Labute approximate surface area is 205 Å². The van der Waals surface area contributed by atoms with Gasteiger partial charge in [-0.05, 0) is 66.8 Å². The van der Waals surface area contributed by atoms with Crippen LogP contribution in [0.25, 0.3) is 33.3 Å². The maximum Gasteiger partial charge on any atom is 0.326 e. The number of imidazole rings is 1. The monoisotopic (exact) mass is 484 g/mol. The molecule has 4 N–H and O–H groups in total. The molecule has 182 valence electrons. The first-order chi connectivity index (χ1) is 17.5. The SMILES string of the molecule is O=C(N[C@@H](Cc1c[nH]c2ccc(O)cc12)C(=O)O)c1ccc2c(c1)nc(-c1ccoc1)n2CC1CC1. The van der Waals surface area contributed by atoms with Crippen molar-refractivity contribution in [3.8, 4) is 17.1 Å². The number of aromatic amines is 1. The number of hydrogen-bond acceptors (Lipinski definition) is 5. The van der Waals surface area contributed by atoms with Crippen LogP contribution < -0.4 is 5.32 Å². The molecule has 36 heavy (non-hydrogen) atoms. The number of phenols is 1. The van der Waals surface area contributed by atoms with E-state index in [9.17, 15) is 19.8 Å². The Bertz CT molecular complexity index is 1590. The summed E-state index contributed by atoms with van der Waals surface area (Å²) in [4.78, 5) is 32.9. The third kappa shape index (κ3) is 4.08. The fraction of sp³-hybridized carbons (Fsp3) is 0.222. The number of aromatic hydroxyl groups is 1. The number of phenolic OH excluding ortho intramolecular Hbond substituents is 1. The molecule has 0 bridgehead atoms. The van der Waals surface area contributed by atoms with E-state index in [-0.39, 0.29) is 12.2 Å². The molecule has 0 unspecified atom stereocenters. The number of benzene rings is 2. The van der Waals surface area contributed by atoms with E-state index >= 15 is 0 Å². The minimum atomic E-state index is -1.15. The van der Waals surface area contributed by atoms with Gasteiger partial charge < -0.3 is 29.5 Å². The largest absolute Gasteiger partial charge is 0.508 e. The number of amides is 1. The van der Waals surface area contributed by atoms with Gasteiger partial charge in [-0.3, -0.25) is 4.79 Å². The lowest BCUT2D eigenvalue weighted by molar-refractivity contribution is -0.139.